The second-order valence-electron chi connectivity index (χ2n) is 6.22. The number of methoxy groups -OCH3 is 2. The van der Waals surface area contributed by atoms with Crippen LogP contribution < -0.4 is 19.6 Å². The first-order valence-electron chi connectivity index (χ1n) is 9.12. The molecule has 0 saturated carbocycles. The molecule has 0 aliphatic rings. The van der Waals surface area contributed by atoms with E-state index in [-0.39, 0.29) is 5.91 Å². The number of benzene rings is 3. The van der Waals surface area contributed by atoms with Crippen LogP contribution in [0.4, 0.5) is 0 Å². The van der Waals surface area contributed by atoms with Crippen molar-refractivity contribution in [1.82, 2.24) is 5.43 Å². The van der Waals surface area contributed by atoms with Crippen molar-refractivity contribution in [2.75, 3.05) is 14.2 Å². The molecule has 0 bridgehead atoms. The van der Waals surface area contributed by atoms with Gasteiger partial charge in [-0.2, -0.15) is 5.10 Å². The molecule has 3 aromatic rings. The Balaban J connectivity index is 1.71. The molecule has 0 fully saturated rings. The predicted molar refractivity (Wildman–Crippen MR) is 120 cm³/mol. The summed E-state index contributed by atoms with van der Waals surface area (Å²) in [5, 5.41) is 4.07. The average molecular weight is 469 g/mol. The lowest BCUT2D eigenvalue weighted by Gasteiger charge is -2.13. The Morgan fingerprint density at radius 3 is 2.40 bits per heavy atom. The maximum absolute atomic E-state index is 12.3. The second-order valence-corrected chi connectivity index (χ2v) is 7.14. The van der Waals surface area contributed by atoms with E-state index in [0.717, 1.165) is 10.0 Å². The normalized spacial score (nSPS) is 10.6. The van der Waals surface area contributed by atoms with Crippen LogP contribution in [0.25, 0.3) is 0 Å². The van der Waals surface area contributed by atoms with Crippen LogP contribution in [0.5, 0.6) is 17.2 Å². The van der Waals surface area contributed by atoms with Gasteiger partial charge in [0.2, 0.25) is 0 Å². The lowest BCUT2D eigenvalue weighted by molar-refractivity contribution is 0.0955. The molecule has 0 spiro atoms. The number of halogens is 1. The predicted octanol–water partition coefficient (Wildman–Crippen LogP) is 4.81. The van der Waals surface area contributed by atoms with Gasteiger partial charge in [0.05, 0.1) is 20.4 Å². The van der Waals surface area contributed by atoms with Crippen molar-refractivity contribution in [3.63, 3.8) is 0 Å². The van der Waals surface area contributed by atoms with Crippen molar-refractivity contribution in [2.45, 2.75) is 6.61 Å². The Labute approximate surface area is 183 Å². The summed E-state index contributed by atoms with van der Waals surface area (Å²) in [6, 6.07) is 20.1. The highest BCUT2D eigenvalue weighted by Crippen LogP contribution is 2.31. The first-order valence-corrected chi connectivity index (χ1v) is 9.91. The zero-order chi connectivity index (χ0) is 21.3. The number of nitrogens with zero attached hydrogens (tertiary/aromatic N) is 1. The Morgan fingerprint density at radius 1 is 1.00 bits per heavy atom. The monoisotopic (exact) mass is 468 g/mol. The molecule has 1 amide bonds. The second kappa shape index (κ2) is 10.5. The molecule has 30 heavy (non-hydrogen) atoms. The molecular formula is C23H21BrN2O4. The molecule has 0 heterocycles. The van der Waals surface area contributed by atoms with Crippen LogP contribution in [-0.2, 0) is 6.61 Å². The summed E-state index contributed by atoms with van der Waals surface area (Å²) in [6.07, 6.45) is 1.53. The van der Waals surface area contributed by atoms with Gasteiger partial charge in [-0.15, -0.1) is 0 Å². The van der Waals surface area contributed by atoms with Crippen molar-refractivity contribution < 1.29 is 19.0 Å². The van der Waals surface area contributed by atoms with Gasteiger partial charge in [0, 0.05) is 15.6 Å². The van der Waals surface area contributed by atoms with Gasteiger partial charge in [0.1, 0.15) is 12.4 Å². The van der Waals surface area contributed by atoms with Crippen LogP contribution in [0.1, 0.15) is 21.5 Å². The summed E-state index contributed by atoms with van der Waals surface area (Å²) in [7, 11) is 3.15. The molecule has 0 aliphatic heterocycles. The topological polar surface area (TPSA) is 69.2 Å². The molecule has 0 saturated heterocycles. The van der Waals surface area contributed by atoms with Gasteiger partial charge in [-0.25, -0.2) is 5.43 Å². The molecule has 154 valence electrons. The fraction of sp³-hybridized carbons (Fsp3) is 0.130. The minimum atomic E-state index is -0.325. The Bertz CT molecular complexity index is 1020. The van der Waals surface area contributed by atoms with E-state index in [1.54, 1.807) is 38.5 Å². The molecule has 0 radical (unpaired) electrons. The molecule has 6 nitrogen and oxygen atoms in total. The zero-order valence-corrected chi connectivity index (χ0v) is 18.2. The molecule has 0 atom stereocenters. The van der Waals surface area contributed by atoms with Gasteiger partial charge in [-0.05, 0) is 54.1 Å². The van der Waals surface area contributed by atoms with E-state index >= 15 is 0 Å². The summed E-state index contributed by atoms with van der Waals surface area (Å²) >= 11 is 3.42. The number of hydrogen-bond acceptors (Lipinski definition) is 5. The summed E-state index contributed by atoms with van der Waals surface area (Å²) < 4.78 is 17.5. The molecule has 3 rings (SSSR count). The standard InChI is InChI=1S/C23H21BrN2O4/c1-28-20-12-8-17(9-13-20)23(27)26-25-14-18-4-3-5-21(29-2)22(18)30-15-16-6-10-19(24)11-7-16/h3-14H,15H2,1-2H3,(H,26,27)/b25-14-. The maximum Gasteiger partial charge on any atom is 0.271 e. The quantitative estimate of drug-likeness (QED) is 0.380. The number of para-hydroxylation sites is 1. The first-order chi connectivity index (χ1) is 14.6. The summed E-state index contributed by atoms with van der Waals surface area (Å²) in [4.78, 5) is 12.3. The number of hydrogen-bond donors (Lipinski definition) is 1. The maximum atomic E-state index is 12.3. The Kier molecular flexibility index (Phi) is 7.45. The highest BCUT2D eigenvalue weighted by atomic mass is 79.9. The van der Waals surface area contributed by atoms with E-state index in [1.165, 1.54) is 6.21 Å². The number of hydrazone groups is 1. The summed E-state index contributed by atoms with van der Waals surface area (Å²) in [5.74, 6) is 1.48. The SMILES string of the molecule is COc1ccc(C(=O)N/N=C\c2cccc(OC)c2OCc2ccc(Br)cc2)cc1. The third-order valence-corrected chi connectivity index (χ3v) is 4.78. The average Bonchev–Trinajstić information content (AvgIpc) is 2.79. The van der Waals surface area contributed by atoms with Gasteiger partial charge in [0.25, 0.3) is 5.91 Å². The van der Waals surface area contributed by atoms with Crippen LogP contribution >= 0.6 is 15.9 Å². The van der Waals surface area contributed by atoms with E-state index in [1.807, 2.05) is 42.5 Å². The van der Waals surface area contributed by atoms with E-state index in [0.29, 0.717) is 35.0 Å². The number of carbonyl (C=O) groups excluding carboxylic acids is 1. The smallest absolute Gasteiger partial charge is 0.271 e. The number of carbonyl (C=O) groups is 1. The van der Waals surface area contributed by atoms with Crippen molar-refractivity contribution in [1.29, 1.82) is 0 Å². The largest absolute Gasteiger partial charge is 0.497 e. The number of ether oxygens (including phenoxy) is 3. The Morgan fingerprint density at radius 2 is 1.73 bits per heavy atom. The van der Waals surface area contributed by atoms with Gasteiger partial charge in [-0.1, -0.05) is 34.1 Å². The number of rotatable bonds is 8. The number of amides is 1. The van der Waals surface area contributed by atoms with Crippen LogP contribution in [-0.4, -0.2) is 26.3 Å². The molecule has 0 aromatic heterocycles. The number of nitrogens with one attached hydrogen (secondary N) is 1. The van der Waals surface area contributed by atoms with E-state index in [9.17, 15) is 4.79 Å². The minimum Gasteiger partial charge on any atom is -0.497 e. The van der Waals surface area contributed by atoms with Gasteiger partial charge in [0.15, 0.2) is 11.5 Å². The van der Waals surface area contributed by atoms with Crippen molar-refractivity contribution in [2.24, 2.45) is 5.10 Å². The Hall–Kier alpha value is -3.32. The molecule has 0 aliphatic carbocycles. The molecular weight excluding hydrogens is 448 g/mol. The van der Waals surface area contributed by atoms with Crippen molar-refractivity contribution >= 4 is 28.1 Å². The minimum absolute atomic E-state index is 0.325. The summed E-state index contributed by atoms with van der Waals surface area (Å²) in [5.41, 5.74) is 4.69. The highest BCUT2D eigenvalue weighted by molar-refractivity contribution is 9.10. The van der Waals surface area contributed by atoms with E-state index in [4.69, 9.17) is 14.2 Å². The van der Waals surface area contributed by atoms with Crippen molar-refractivity contribution in [3.05, 3.63) is 87.9 Å². The van der Waals surface area contributed by atoms with Crippen LogP contribution in [0.2, 0.25) is 0 Å². The zero-order valence-electron chi connectivity index (χ0n) is 16.6. The molecule has 1 N–H and O–H groups in total. The fourth-order valence-corrected chi connectivity index (χ4v) is 2.92. The van der Waals surface area contributed by atoms with E-state index in [2.05, 4.69) is 26.5 Å². The first kappa shape index (κ1) is 21.4. The lowest BCUT2D eigenvalue weighted by Crippen LogP contribution is -2.17. The molecule has 3 aromatic carbocycles. The van der Waals surface area contributed by atoms with Gasteiger partial charge >= 0.3 is 0 Å². The van der Waals surface area contributed by atoms with Gasteiger partial charge in [-0.3, -0.25) is 4.79 Å². The summed E-state index contributed by atoms with van der Waals surface area (Å²) in [6.45, 7) is 0.368. The highest BCUT2D eigenvalue weighted by Gasteiger charge is 2.10. The molecule has 0 unspecified atom stereocenters. The third kappa shape index (κ3) is 5.61. The van der Waals surface area contributed by atoms with Crippen molar-refractivity contribution in [3.8, 4) is 17.2 Å². The lowest BCUT2D eigenvalue weighted by atomic mass is 10.2. The van der Waals surface area contributed by atoms with Crippen LogP contribution in [0, 0.1) is 0 Å². The fourth-order valence-electron chi connectivity index (χ4n) is 2.65. The van der Waals surface area contributed by atoms with Crippen LogP contribution in [0.15, 0.2) is 76.3 Å². The third-order valence-electron chi connectivity index (χ3n) is 4.25. The van der Waals surface area contributed by atoms with Crippen LogP contribution in [0.3, 0.4) is 0 Å². The van der Waals surface area contributed by atoms with E-state index < -0.39 is 0 Å². The molecule has 7 heteroatoms. The van der Waals surface area contributed by atoms with Gasteiger partial charge < -0.3 is 14.2 Å².